The van der Waals surface area contributed by atoms with Crippen LogP contribution in [0.4, 0.5) is 9.59 Å². The van der Waals surface area contributed by atoms with E-state index >= 15 is 9.59 Å². The van der Waals surface area contributed by atoms with Crippen LogP contribution >= 0.6 is 0 Å². The fourth-order valence-electron chi connectivity index (χ4n) is 12.1. The Labute approximate surface area is 470 Å². The lowest BCUT2D eigenvalue weighted by molar-refractivity contribution is -0.347. The van der Waals surface area contributed by atoms with E-state index in [0.29, 0.717) is 0 Å². The minimum absolute atomic E-state index is 0.0228. The minimum Gasteiger partial charge on any atom is -0.455 e. The van der Waals surface area contributed by atoms with Crippen LogP contribution in [0.3, 0.4) is 0 Å². The number of ketones is 2. The molecule has 0 radical (unpaired) electrons. The molecule has 4 aliphatic rings. The number of alkyl carbamates (subject to hydrolysis) is 2. The number of amides is 2. The third-order valence-corrected chi connectivity index (χ3v) is 16.0. The third kappa shape index (κ3) is 13.2. The first kappa shape index (κ1) is 61.6. The Morgan fingerprint density at radius 3 is 2.10 bits per heavy atom. The van der Waals surface area contributed by atoms with Crippen LogP contribution in [0, 0.1) is 22.7 Å². The number of nitrogens with one attached hydrogen (secondary N) is 2. The molecule has 2 saturated carbocycles. The summed E-state index contributed by atoms with van der Waals surface area (Å²) in [6.45, 7) is 10.3. The number of aliphatic hydroxyl groups excluding tert-OH is 1. The van der Waals surface area contributed by atoms with E-state index in [0.717, 1.165) is 5.56 Å². The van der Waals surface area contributed by atoms with E-state index < -0.39 is 138 Å². The molecule has 438 valence electrons. The van der Waals surface area contributed by atoms with Crippen LogP contribution in [0.1, 0.15) is 109 Å². The molecule has 3 aromatic rings. The number of fused-ring (bicyclic) bond motifs is 5. The van der Waals surface area contributed by atoms with Gasteiger partial charge < -0.3 is 63.5 Å². The maximum atomic E-state index is 15.8. The predicted octanol–water partition coefficient (Wildman–Crippen LogP) is 6.00. The summed E-state index contributed by atoms with van der Waals surface area (Å²) in [5, 5.41) is 30.7. The molecule has 1 saturated heterocycles. The Kier molecular flexibility index (Phi) is 19.3. The predicted molar refractivity (Wildman–Crippen MR) is 287 cm³/mol. The fraction of sp³-hybridized carbons (Fsp3) is 0.533. The Hall–Kier alpha value is -7.04. The second kappa shape index (κ2) is 25.4. The lowest BCUT2D eigenvalue weighted by Crippen LogP contribution is -2.81. The first-order valence-corrected chi connectivity index (χ1v) is 27.0. The molecule has 81 heavy (non-hydrogen) atoms. The summed E-state index contributed by atoms with van der Waals surface area (Å²) in [4.78, 5) is 111. The van der Waals surface area contributed by atoms with Crippen molar-refractivity contribution in [2.24, 2.45) is 22.7 Å². The lowest BCUT2D eigenvalue weighted by Gasteiger charge is -2.68. The molecule has 4 N–H and O–H groups in total. The smallest absolute Gasteiger partial charge is 0.408 e. The second-order valence-corrected chi connectivity index (χ2v) is 22.7. The molecule has 0 aromatic heterocycles. The summed E-state index contributed by atoms with van der Waals surface area (Å²) in [7, 11) is 1.39. The van der Waals surface area contributed by atoms with Gasteiger partial charge in [-0.15, -0.1) is 0 Å². The monoisotopic (exact) mass is 1130 g/mol. The topological polar surface area (TPSA) is 284 Å². The number of carbonyl (C=O) groups is 8. The van der Waals surface area contributed by atoms with Gasteiger partial charge in [-0.2, -0.15) is 0 Å². The molecule has 3 aromatic carbocycles. The van der Waals surface area contributed by atoms with Gasteiger partial charge in [-0.3, -0.25) is 14.4 Å². The quantitative estimate of drug-likeness (QED) is 0.0411. The van der Waals surface area contributed by atoms with Gasteiger partial charge in [-0.05, 0) is 69.0 Å². The standard InChI is InChI=1S/C60H74N2O19/c1-35-42(30-60(72)51(79-52(68)39-23-17-12-18-24-39)49-58(8,50(67)41(31-63)46(35)57(60,6)7)43(73-9)29-44-59(49,34-76-44)80-36(2)64)77-53(69)48(47(38-21-15-11-16-22-38)62-55(71)81-56(3,4)5)78-45(66)33-74-28-26-40(65)25-27-61-54(70)75-32-37-19-13-10-14-20-37/h10-24,41-44,47-49,51,63,72H,25-34H2,1-9H3,(H,61,70)(H,62,71)/t41-,42+,43+,44-,47+,48-,49+,51+,58-,59+,60-/m1/s1. The van der Waals surface area contributed by atoms with E-state index in [1.165, 1.54) is 26.2 Å². The molecule has 11 atom stereocenters. The molecule has 0 unspecified atom stereocenters. The summed E-state index contributed by atoms with van der Waals surface area (Å²) < 4.78 is 53.5. The average molecular weight is 1130 g/mol. The first-order chi connectivity index (χ1) is 38.3. The van der Waals surface area contributed by atoms with Gasteiger partial charge in [0, 0.05) is 51.7 Å². The van der Waals surface area contributed by atoms with E-state index in [2.05, 4.69) is 10.6 Å². The molecule has 1 heterocycles. The van der Waals surface area contributed by atoms with E-state index in [1.807, 2.05) is 18.2 Å². The highest BCUT2D eigenvalue weighted by Gasteiger charge is 2.78. The highest BCUT2D eigenvalue weighted by Crippen LogP contribution is 2.65. The molecule has 1 aliphatic heterocycles. The molecule has 2 amide bonds. The van der Waals surface area contributed by atoms with Crippen molar-refractivity contribution in [2.75, 3.05) is 40.1 Å². The Morgan fingerprint density at radius 2 is 1.51 bits per heavy atom. The Balaban J connectivity index is 1.22. The third-order valence-electron chi connectivity index (χ3n) is 16.0. The number of hydrogen-bond donors (Lipinski definition) is 4. The molecule has 3 aliphatic carbocycles. The Morgan fingerprint density at radius 1 is 0.864 bits per heavy atom. The van der Waals surface area contributed by atoms with Crippen LogP contribution in [-0.4, -0.2) is 145 Å². The van der Waals surface area contributed by atoms with Gasteiger partial charge in [0.25, 0.3) is 0 Å². The van der Waals surface area contributed by atoms with Gasteiger partial charge in [0.2, 0.25) is 6.10 Å². The molecule has 0 spiro atoms. The van der Waals surface area contributed by atoms with Crippen molar-refractivity contribution in [3.8, 4) is 0 Å². The molecule has 7 rings (SSSR count). The van der Waals surface area contributed by atoms with Gasteiger partial charge in [-0.1, -0.05) is 92.7 Å². The van der Waals surface area contributed by atoms with Gasteiger partial charge in [-0.25, -0.2) is 24.0 Å². The van der Waals surface area contributed by atoms with Crippen LogP contribution in [0.25, 0.3) is 0 Å². The van der Waals surface area contributed by atoms with Gasteiger partial charge in [0.15, 0.2) is 11.4 Å². The highest BCUT2D eigenvalue weighted by molar-refractivity contribution is 5.93. The molecule has 21 heteroatoms. The normalized spacial score (nSPS) is 27.2. The highest BCUT2D eigenvalue weighted by atomic mass is 16.6. The SMILES string of the molecule is CO[C@H]1C[C@H]2OC[C@@]2(OC(C)=O)[C@H]2[C@H](OC(=O)c3ccccc3)[C@]3(O)C[C@H](OC(=O)[C@H](OC(=O)COCCC(=O)CCNC(=O)OCc4ccccc4)[C@@H](NC(=O)OC(C)(C)C)c4ccccc4)C(C)=C([C@@H](CO)C(=O)[C@]12C)C3(C)C. The van der Waals surface area contributed by atoms with Crippen LogP contribution in [0.5, 0.6) is 0 Å². The maximum absolute atomic E-state index is 15.8. The molecular formula is C60H74N2O19. The van der Waals surface area contributed by atoms with Crippen LogP contribution in [0.2, 0.25) is 0 Å². The van der Waals surface area contributed by atoms with Crippen molar-refractivity contribution in [1.29, 1.82) is 0 Å². The zero-order valence-corrected chi connectivity index (χ0v) is 47.2. The number of methoxy groups -OCH3 is 1. The van der Waals surface area contributed by atoms with Crippen molar-refractivity contribution in [3.05, 3.63) is 119 Å². The zero-order chi connectivity index (χ0) is 59.1. The second-order valence-electron chi connectivity index (χ2n) is 22.7. The maximum Gasteiger partial charge on any atom is 0.408 e. The number of rotatable bonds is 21. The fourth-order valence-corrected chi connectivity index (χ4v) is 12.1. The number of esters is 4. The number of carbonyl (C=O) groups excluding carboxylic acids is 8. The van der Waals surface area contributed by atoms with E-state index in [4.69, 9.17) is 42.6 Å². The van der Waals surface area contributed by atoms with Crippen molar-refractivity contribution >= 4 is 47.6 Å². The molecule has 3 fully saturated rings. The van der Waals surface area contributed by atoms with Crippen molar-refractivity contribution in [3.63, 3.8) is 0 Å². The first-order valence-electron chi connectivity index (χ1n) is 27.0. The van der Waals surface area contributed by atoms with Gasteiger partial charge in [0.05, 0.1) is 48.7 Å². The lowest BCUT2D eigenvalue weighted by atomic mass is 9.43. The van der Waals surface area contributed by atoms with Crippen LogP contribution in [-0.2, 0) is 73.2 Å². The van der Waals surface area contributed by atoms with Gasteiger partial charge >= 0.3 is 36.1 Å². The number of hydrogen-bond acceptors (Lipinski definition) is 19. The van der Waals surface area contributed by atoms with Crippen LogP contribution < -0.4 is 10.6 Å². The van der Waals surface area contributed by atoms with Crippen molar-refractivity contribution in [1.82, 2.24) is 10.6 Å². The molecule has 2 bridgehead atoms. The summed E-state index contributed by atoms with van der Waals surface area (Å²) in [6.07, 6.45) is -9.77. The number of Topliss-reactive ketones (excluding diaryl/α,β-unsaturated/α-hetero) is 2. The largest absolute Gasteiger partial charge is 0.455 e. The summed E-state index contributed by atoms with van der Waals surface area (Å²) in [5.41, 5.74) is -7.05. The van der Waals surface area contributed by atoms with Gasteiger partial charge in [0.1, 0.15) is 54.6 Å². The summed E-state index contributed by atoms with van der Waals surface area (Å²) >= 11 is 0. The van der Waals surface area contributed by atoms with E-state index in [-0.39, 0.29) is 73.7 Å². The van der Waals surface area contributed by atoms with Crippen molar-refractivity contribution in [2.45, 2.75) is 141 Å². The van der Waals surface area contributed by atoms with Crippen molar-refractivity contribution < 1.29 is 91.2 Å². The van der Waals surface area contributed by atoms with Crippen LogP contribution in [0.15, 0.2) is 102 Å². The zero-order valence-electron chi connectivity index (χ0n) is 47.2. The number of ether oxygens (including phenoxy) is 9. The van der Waals surface area contributed by atoms with E-state index in [9.17, 15) is 39.0 Å². The molecule has 21 nitrogen and oxygen atoms in total. The average Bonchev–Trinajstić information content (AvgIpc) is 3.45. The Bertz CT molecular complexity index is 2820. The molecular weight excluding hydrogens is 1050 g/mol. The van der Waals surface area contributed by atoms with E-state index in [1.54, 1.807) is 109 Å². The number of aliphatic hydroxyl groups is 2. The minimum atomic E-state index is -2.38. The number of benzene rings is 3. The summed E-state index contributed by atoms with van der Waals surface area (Å²) in [6, 6.07) is 23.4. The summed E-state index contributed by atoms with van der Waals surface area (Å²) in [5.74, 6) is -7.85.